The summed E-state index contributed by atoms with van der Waals surface area (Å²) in [5, 5.41) is 0.669. The van der Waals surface area contributed by atoms with Crippen molar-refractivity contribution in [3.63, 3.8) is 0 Å². The molecule has 1 aromatic heterocycles. The van der Waals surface area contributed by atoms with Crippen molar-refractivity contribution >= 4 is 22.9 Å². The van der Waals surface area contributed by atoms with E-state index >= 15 is 0 Å². The van der Waals surface area contributed by atoms with E-state index in [1.807, 2.05) is 0 Å². The lowest BCUT2D eigenvalue weighted by molar-refractivity contribution is -0.143. The summed E-state index contributed by atoms with van der Waals surface area (Å²) < 4.78 is 15.9. The van der Waals surface area contributed by atoms with E-state index in [-0.39, 0.29) is 17.3 Å². The van der Waals surface area contributed by atoms with Gasteiger partial charge in [0, 0.05) is 17.0 Å². The lowest BCUT2D eigenvalue weighted by Crippen LogP contribution is -2.25. The van der Waals surface area contributed by atoms with Gasteiger partial charge in [-0.15, -0.1) is 0 Å². The van der Waals surface area contributed by atoms with Gasteiger partial charge in [0.15, 0.2) is 0 Å². The second kappa shape index (κ2) is 7.99. The summed E-state index contributed by atoms with van der Waals surface area (Å²) in [5.74, 6) is -0.242. The van der Waals surface area contributed by atoms with Crippen LogP contribution in [0.5, 0.6) is 11.5 Å². The molecule has 0 aliphatic rings. The summed E-state index contributed by atoms with van der Waals surface area (Å²) in [4.78, 5) is 36.2. The minimum absolute atomic E-state index is 0.261. The zero-order valence-corrected chi connectivity index (χ0v) is 17.3. The zero-order valence-electron chi connectivity index (χ0n) is 17.3. The van der Waals surface area contributed by atoms with Gasteiger partial charge in [-0.05, 0) is 63.6 Å². The molecule has 154 valence electrons. The fraction of sp³-hybridized carbons (Fsp3) is 0.208. The van der Waals surface area contributed by atoms with Crippen LogP contribution in [0.4, 0.5) is 0 Å². The Bertz CT molecular complexity index is 1190. The summed E-state index contributed by atoms with van der Waals surface area (Å²) in [6, 6.07) is 13.1. The van der Waals surface area contributed by atoms with Crippen molar-refractivity contribution in [3.8, 4) is 22.6 Å². The maximum Gasteiger partial charge on any atom is 0.344 e. The molecule has 6 nitrogen and oxygen atoms in total. The Kier molecular flexibility index (Phi) is 5.60. The van der Waals surface area contributed by atoms with Gasteiger partial charge in [0.05, 0.1) is 11.0 Å². The predicted octanol–water partition coefficient (Wildman–Crippen LogP) is 4.89. The molecule has 0 fully saturated rings. The molecule has 0 bridgehead atoms. The number of hydrogen-bond acceptors (Lipinski definition) is 6. The lowest BCUT2D eigenvalue weighted by atomic mass is 9.97. The average Bonchev–Trinajstić information content (AvgIpc) is 2.67. The van der Waals surface area contributed by atoms with Gasteiger partial charge in [-0.3, -0.25) is 4.79 Å². The Morgan fingerprint density at radius 1 is 0.933 bits per heavy atom. The number of carbonyl (C=O) groups is 2. The van der Waals surface area contributed by atoms with Crippen molar-refractivity contribution in [1.29, 1.82) is 0 Å². The maximum atomic E-state index is 12.5. The molecule has 0 unspecified atom stereocenters. The highest BCUT2D eigenvalue weighted by Gasteiger charge is 2.23. The molecule has 0 spiro atoms. The first-order valence-electron chi connectivity index (χ1n) is 9.33. The quantitative estimate of drug-likeness (QED) is 0.265. The number of fused-ring (bicyclic) bond motifs is 1. The van der Waals surface area contributed by atoms with Crippen LogP contribution < -0.4 is 15.1 Å². The largest absolute Gasteiger partial charge is 0.426 e. The fourth-order valence-corrected chi connectivity index (χ4v) is 2.51. The number of benzene rings is 2. The second-order valence-electron chi connectivity index (χ2n) is 7.98. The van der Waals surface area contributed by atoms with E-state index in [2.05, 4.69) is 6.58 Å². The molecule has 0 saturated carbocycles. The highest BCUT2D eigenvalue weighted by Crippen LogP contribution is 2.27. The highest BCUT2D eigenvalue weighted by molar-refractivity contribution is 5.90. The molecule has 2 aromatic carbocycles. The van der Waals surface area contributed by atoms with Gasteiger partial charge >= 0.3 is 17.6 Å². The third-order valence-electron chi connectivity index (χ3n) is 4.25. The number of rotatable bonds is 4. The lowest BCUT2D eigenvalue weighted by Gasteiger charge is -2.16. The third-order valence-corrected chi connectivity index (χ3v) is 4.25. The van der Waals surface area contributed by atoms with Gasteiger partial charge in [-0.1, -0.05) is 18.7 Å². The average molecular weight is 406 g/mol. The molecule has 0 aliphatic carbocycles. The molecule has 6 heteroatoms. The maximum absolute atomic E-state index is 12.5. The van der Waals surface area contributed by atoms with E-state index in [9.17, 15) is 14.4 Å². The van der Waals surface area contributed by atoms with Crippen molar-refractivity contribution in [1.82, 2.24) is 0 Å². The van der Waals surface area contributed by atoms with Gasteiger partial charge in [0.2, 0.25) is 0 Å². The molecule has 3 aromatic rings. The van der Waals surface area contributed by atoms with E-state index in [0.29, 0.717) is 27.8 Å². The Morgan fingerprint density at radius 3 is 2.17 bits per heavy atom. The van der Waals surface area contributed by atoms with Gasteiger partial charge < -0.3 is 13.9 Å². The Morgan fingerprint density at radius 2 is 1.57 bits per heavy atom. The Balaban J connectivity index is 1.88. The molecule has 0 aliphatic heterocycles. The number of hydrogen-bond donors (Lipinski definition) is 0. The Labute approximate surface area is 173 Å². The van der Waals surface area contributed by atoms with Crippen LogP contribution in [-0.4, -0.2) is 11.9 Å². The number of ether oxygens (including phenoxy) is 2. The fourth-order valence-electron chi connectivity index (χ4n) is 2.51. The summed E-state index contributed by atoms with van der Waals surface area (Å²) in [6.07, 6.45) is 0. The molecule has 1 heterocycles. The van der Waals surface area contributed by atoms with Crippen LogP contribution in [0.1, 0.15) is 27.7 Å². The van der Waals surface area contributed by atoms with Gasteiger partial charge in [-0.25, -0.2) is 9.59 Å². The second-order valence-corrected chi connectivity index (χ2v) is 7.98. The molecule has 0 N–H and O–H groups in total. The van der Waals surface area contributed by atoms with E-state index in [0.717, 1.165) is 0 Å². The van der Waals surface area contributed by atoms with Crippen LogP contribution in [0.3, 0.4) is 0 Å². The van der Waals surface area contributed by atoms with Crippen LogP contribution in [0.25, 0.3) is 22.1 Å². The first-order valence-corrected chi connectivity index (χ1v) is 9.33. The predicted molar refractivity (Wildman–Crippen MR) is 113 cm³/mol. The van der Waals surface area contributed by atoms with Gasteiger partial charge in [-0.2, -0.15) is 0 Å². The molecular formula is C24H22O6. The Hall–Kier alpha value is -3.67. The SMILES string of the molecule is C=C(C)C(=O)Oc1ccc2cc(-c3ccc(OC(=O)C(C)(C)C)cc3)c(=O)oc2c1. The molecule has 0 amide bonds. The van der Waals surface area contributed by atoms with Crippen LogP contribution in [0.15, 0.2) is 69.9 Å². The smallest absolute Gasteiger partial charge is 0.344 e. The van der Waals surface area contributed by atoms with Crippen LogP contribution in [-0.2, 0) is 9.59 Å². The van der Waals surface area contributed by atoms with Crippen molar-refractivity contribution in [3.05, 3.63) is 71.1 Å². The minimum atomic E-state index is -0.615. The highest BCUT2D eigenvalue weighted by atomic mass is 16.5. The molecule has 0 radical (unpaired) electrons. The summed E-state index contributed by atoms with van der Waals surface area (Å²) in [6.45, 7) is 10.4. The van der Waals surface area contributed by atoms with Crippen LogP contribution >= 0.6 is 0 Å². The van der Waals surface area contributed by atoms with Crippen molar-refractivity contribution in [2.24, 2.45) is 5.41 Å². The van der Waals surface area contributed by atoms with Crippen molar-refractivity contribution in [2.45, 2.75) is 27.7 Å². The van der Waals surface area contributed by atoms with E-state index in [1.165, 1.54) is 6.07 Å². The first-order chi connectivity index (χ1) is 14.0. The van der Waals surface area contributed by atoms with Gasteiger partial charge in [0.25, 0.3) is 0 Å². The standard InChI is InChI=1S/C24H22O6/c1-14(2)21(25)28-18-11-8-16-12-19(22(26)30-20(16)13-18)15-6-9-17(10-7-15)29-23(27)24(3,4)5/h6-13H,1H2,2-5H3. The van der Waals surface area contributed by atoms with E-state index in [4.69, 9.17) is 13.9 Å². The molecule has 30 heavy (non-hydrogen) atoms. The third kappa shape index (κ3) is 4.66. The topological polar surface area (TPSA) is 82.8 Å². The number of esters is 2. The molecule has 0 atom stereocenters. The first kappa shape index (κ1) is 21.0. The number of carbonyl (C=O) groups excluding carboxylic acids is 2. The van der Waals surface area contributed by atoms with Crippen molar-refractivity contribution < 1.29 is 23.5 Å². The summed E-state index contributed by atoms with van der Waals surface area (Å²) in [7, 11) is 0. The minimum Gasteiger partial charge on any atom is -0.426 e. The van der Waals surface area contributed by atoms with Crippen LogP contribution in [0, 0.1) is 5.41 Å². The van der Waals surface area contributed by atoms with Gasteiger partial charge in [0.1, 0.15) is 17.1 Å². The molecule has 3 rings (SSSR count). The monoisotopic (exact) mass is 406 g/mol. The summed E-state index contributed by atoms with van der Waals surface area (Å²) in [5.41, 5.74) is 0.400. The normalized spacial score (nSPS) is 11.2. The summed E-state index contributed by atoms with van der Waals surface area (Å²) >= 11 is 0. The molecular weight excluding hydrogens is 384 g/mol. The van der Waals surface area contributed by atoms with Crippen molar-refractivity contribution in [2.75, 3.05) is 0 Å². The van der Waals surface area contributed by atoms with E-state index in [1.54, 1.807) is 70.2 Å². The molecule has 0 saturated heterocycles. The zero-order chi connectivity index (χ0) is 22.1. The van der Waals surface area contributed by atoms with E-state index < -0.39 is 17.0 Å². The van der Waals surface area contributed by atoms with Crippen LogP contribution in [0.2, 0.25) is 0 Å².